The number of urea groups is 1. The third kappa shape index (κ3) is 6.53. The number of hydrogen-bond acceptors (Lipinski definition) is 4. The molecule has 0 bridgehead atoms. The van der Waals surface area contributed by atoms with Crippen molar-refractivity contribution in [3.63, 3.8) is 0 Å². The molecule has 0 saturated carbocycles. The Hall–Kier alpha value is -1.54. The van der Waals surface area contributed by atoms with Crippen LogP contribution in [0.3, 0.4) is 0 Å². The molecule has 3 amide bonds. The van der Waals surface area contributed by atoms with Crippen LogP contribution in [0.1, 0.15) is 32.6 Å². The maximum Gasteiger partial charge on any atom is 0.321 e. The Bertz CT molecular complexity index is 838. The maximum atomic E-state index is 12.6. The van der Waals surface area contributed by atoms with Crippen molar-refractivity contribution < 1.29 is 9.59 Å². The van der Waals surface area contributed by atoms with Crippen molar-refractivity contribution in [2.75, 3.05) is 64.2 Å². The van der Waals surface area contributed by atoms with Crippen LogP contribution >= 0.6 is 23.2 Å². The number of carbonyl (C=O) groups excluding carboxylic acids is 2. The van der Waals surface area contributed by atoms with Gasteiger partial charge < -0.3 is 15.1 Å². The second kappa shape index (κ2) is 11.3. The topological polar surface area (TPSA) is 59.1 Å². The summed E-state index contributed by atoms with van der Waals surface area (Å²) in [7, 11) is 0. The van der Waals surface area contributed by atoms with Crippen LogP contribution < -0.4 is 5.32 Å². The second-order valence-electron chi connectivity index (χ2n) is 9.59. The lowest BCUT2D eigenvalue weighted by Gasteiger charge is -2.44. The van der Waals surface area contributed by atoms with Crippen molar-refractivity contribution in [1.82, 2.24) is 19.6 Å². The van der Waals surface area contributed by atoms with Crippen LogP contribution in [0.25, 0.3) is 0 Å². The molecule has 4 rings (SSSR count). The van der Waals surface area contributed by atoms with E-state index in [1.807, 2.05) is 9.80 Å². The summed E-state index contributed by atoms with van der Waals surface area (Å²) in [5, 5.41) is 3.84. The Labute approximate surface area is 207 Å². The van der Waals surface area contributed by atoms with Gasteiger partial charge >= 0.3 is 6.03 Å². The maximum absolute atomic E-state index is 12.6. The molecule has 0 unspecified atom stereocenters. The van der Waals surface area contributed by atoms with Crippen LogP contribution in [0.15, 0.2) is 18.2 Å². The summed E-state index contributed by atoms with van der Waals surface area (Å²) in [5.41, 5.74) is 0.660. The number of carbonyl (C=O) groups is 2. The number of amides is 3. The van der Waals surface area contributed by atoms with E-state index in [4.69, 9.17) is 23.2 Å². The zero-order valence-electron chi connectivity index (χ0n) is 19.4. The van der Waals surface area contributed by atoms with Crippen LogP contribution in [0, 0.1) is 5.92 Å². The van der Waals surface area contributed by atoms with Gasteiger partial charge in [0.05, 0.1) is 10.0 Å². The summed E-state index contributed by atoms with van der Waals surface area (Å²) in [5.74, 6) is 0.885. The number of piperidine rings is 2. The number of piperazine rings is 1. The minimum atomic E-state index is -0.0891. The van der Waals surface area contributed by atoms with E-state index in [1.165, 1.54) is 19.4 Å². The molecule has 0 aromatic heterocycles. The number of rotatable bonds is 4. The monoisotopic (exact) mass is 495 g/mol. The number of nitrogens with one attached hydrogen (secondary N) is 1. The highest BCUT2D eigenvalue weighted by Gasteiger charge is 2.31. The smallest absolute Gasteiger partial charge is 0.321 e. The molecule has 3 aliphatic rings. The van der Waals surface area contributed by atoms with Crippen LogP contribution in [0.5, 0.6) is 0 Å². The number of halogens is 2. The number of hydrogen-bond donors (Lipinski definition) is 1. The van der Waals surface area contributed by atoms with Gasteiger partial charge in [0, 0.05) is 71.0 Å². The van der Waals surface area contributed by atoms with E-state index < -0.39 is 0 Å². The summed E-state index contributed by atoms with van der Waals surface area (Å²) in [6, 6.07) is 5.66. The molecule has 33 heavy (non-hydrogen) atoms. The normalized spacial score (nSPS) is 23.5. The van der Waals surface area contributed by atoms with Gasteiger partial charge in [0.25, 0.3) is 0 Å². The fourth-order valence-electron chi connectivity index (χ4n) is 5.40. The lowest BCUT2D eigenvalue weighted by Crippen LogP contribution is -2.53. The molecule has 1 N–H and O–H groups in total. The standard InChI is InChI=1S/C24H35Cl2N5O2/c1-18(32)29-9-6-21(7-10-29)31-8-2-3-19(17-31)16-28-11-13-30(14-12-28)24(33)27-20-4-5-22(25)23(26)15-20/h4-5,15,19,21H,2-3,6-14,16-17H2,1H3,(H,27,33)/t19-/m0/s1. The fraction of sp³-hybridized carbons (Fsp3) is 0.667. The van der Waals surface area contributed by atoms with Crippen molar-refractivity contribution in [3.8, 4) is 0 Å². The van der Waals surface area contributed by atoms with E-state index in [0.717, 1.165) is 65.2 Å². The summed E-state index contributed by atoms with van der Waals surface area (Å²) in [6.45, 7) is 10.2. The first-order valence-electron chi connectivity index (χ1n) is 12.1. The van der Waals surface area contributed by atoms with Crippen molar-refractivity contribution in [2.24, 2.45) is 5.92 Å². The van der Waals surface area contributed by atoms with Gasteiger partial charge in [0.15, 0.2) is 0 Å². The Morgan fingerprint density at radius 1 is 0.939 bits per heavy atom. The molecule has 3 saturated heterocycles. The fourth-order valence-corrected chi connectivity index (χ4v) is 5.70. The van der Waals surface area contributed by atoms with Gasteiger partial charge in [-0.3, -0.25) is 14.6 Å². The minimum Gasteiger partial charge on any atom is -0.343 e. The lowest BCUT2D eigenvalue weighted by molar-refractivity contribution is -0.130. The summed E-state index contributed by atoms with van der Waals surface area (Å²) >= 11 is 12.0. The average molecular weight is 496 g/mol. The summed E-state index contributed by atoms with van der Waals surface area (Å²) < 4.78 is 0. The third-order valence-corrected chi connectivity index (χ3v) is 8.06. The first-order chi connectivity index (χ1) is 15.9. The van der Waals surface area contributed by atoms with Crippen LogP contribution in [-0.2, 0) is 4.79 Å². The van der Waals surface area contributed by atoms with E-state index in [9.17, 15) is 9.59 Å². The zero-order valence-corrected chi connectivity index (χ0v) is 21.0. The number of nitrogens with zero attached hydrogens (tertiary/aromatic N) is 4. The van der Waals surface area contributed by atoms with E-state index in [2.05, 4.69) is 15.1 Å². The molecule has 182 valence electrons. The van der Waals surface area contributed by atoms with Gasteiger partial charge in [0.1, 0.15) is 0 Å². The highest BCUT2D eigenvalue weighted by Crippen LogP contribution is 2.26. The van der Waals surface area contributed by atoms with Gasteiger partial charge in [-0.15, -0.1) is 0 Å². The van der Waals surface area contributed by atoms with Crippen LogP contribution in [0.4, 0.5) is 10.5 Å². The Balaban J connectivity index is 1.20. The largest absolute Gasteiger partial charge is 0.343 e. The molecule has 9 heteroatoms. The molecule has 1 aromatic rings. The third-order valence-electron chi connectivity index (χ3n) is 7.32. The Kier molecular flexibility index (Phi) is 8.38. The Morgan fingerprint density at radius 3 is 2.33 bits per heavy atom. The van der Waals surface area contributed by atoms with Crippen molar-refractivity contribution >= 4 is 40.8 Å². The predicted molar refractivity (Wildman–Crippen MR) is 133 cm³/mol. The molecule has 0 spiro atoms. The average Bonchev–Trinajstić information content (AvgIpc) is 2.82. The van der Waals surface area contributed by atoms with Crippen LogP contribution in [0.2, 0.25) is 10.0 Å². The van der Waals surface area contributed by atoms with Gasteiger partial charge in [-0.05, 0) is 56.3 Å². The van der Waals surface area contributed by atoms with Gasteiger partial charge in [0.2, 0.25) is 5.91 Å². The molecule has 1 atom stereocenters. The van der Waals surface area contributed by atoms with Gasteiger partial charge in [-0.1, -0.05) is 23.2 Å². The first-order valence-corrected chi connectivity index (χ1v) is 12.9. The number of anilines is 1. The highest BCUT2D eigenvalue weighted by molar-refractivity contribution is 6.42. The molecule has 7 nitrogen and oxygen atoms in total. The van der Waals surface area contributed by atoms with Crippen molar-refractivity contribution in [2.45, 2.75) is 38.6 Å². The zero-order chi connectivity index (χ0) is 23.4. The van der Waals surface area contributed by atoms with E-state index in [1.54, 1.807) is 25.1 Å². The molecule has 3 aliphatic heterocycles. The van der Waals surface area contributed by atoms with Crippen LogP contribution in [-0.4, -0.2) is 96.5 Å². The van der Waals surface area contributed by atoms with E-state index in [-0.39, 0.29) is 11.9 Å². The minimum absolute atomic E-state index is 0.0891. The summed E-state index contributed by atoms with van der Waals surface area (Å²) in [4.78, 5) is 33.3. The number of likely N-dealkylation sites (tertiary alicyclic amines) is 2. The van der Waals surface area contributed by atoms with Crippen molar-refractivity contribution in [3.05, 3.63) is 28.2 Å². The molecule has 0 radical (unpaired) electrons. The van der Waals surface area contributed by atoms with E-state index >= 15 is 0 Å². The molecule has 3 heterocycles. The van der Waals surface area contributed by atoms with Gasteiger partial charge in [-0.25, -0.2) is 4.79 Å². The Morgan fingerprint density at radius 2 is 1.67 bits per heavy atom. The predicted octanol–water partition coefficient (Wildman–Crippen LogP) is 3.87. The molecular weight excluding hydrogens is 461 g/mol. The lowest BCUT2D eigenvalue weighted by atomic mass is 9.93. The van der Waals surface area contributed by atoms with Crippen molar-refractivity contribution in [1.29, 1.82) is 0 Å². The van der Waals surface area contributed by atoms with Gasteiger partial charge in [-0.2, -0.15) is 0 Å². The molecule has 3 fully saturated rings. The summed E-state index contributed by atoms with van der Waals surface area (Å²) in [6.07, 6.45) is 4.72. The molecule has 0 aliphatic carbocycles. The quantitative estimate of drug-likeness (QED) is 0.688. The second-order valence-corrected chi connectivity index (χ2v) is 10.4. The molecule has 1 aromatic carbocycles. The highest BCUT2D eigenvalue weighted by atomic mass is 35.5. The molecular formula is C24H35Cl2N5O2. The SMILES string of the molecule is CC(=O)N1CCC(N2CCC[C@@H](CN3CCN(C(=O)Nc4ccc(Cl)c(Cl)c4)CC3)C2)CC1. The van der Waals surface area contributed by atoms with E-state index in [0.29, 0.717) is 27.7 Å². The first kappa shape index (κ1) is 24.6. The number of benzene rings is 1.